The molecule has 0 saturated heterocycles. The van der Waals surface area contributed by atoms with Gasteiger partial charge in [-0.1, -0.05) is 42.5 Å². The zero-order chi connectivity index (χ0) is 16.2. The van der Waals surface area contributed by atoms with Gasteiger partial charge in [0.05, 0.1) is 25.8 Å². The zero-order valence-corrected chi connectivity index (χ0v) is 12.8. The molecule has 0 radical (unpaired) electrons. The van der Waals surface area contributed by atoms with Gasteiger partial charge in [0.25, 0.3) is 5.91 Å². The molecule has 0 spiro atoms. The number of carbonyl (C=O) groups is 2. The number of fused-ring (bicyclic) bond motifs is 1. The highest BCUT2D eigenvalue weighted by molar-refractivity contribution is 6.01. The molecular weight excluding hydrogens is 294 g/mol. The molecule has 118 valence electrons. The van der Waals surface area contributed by atoms with Crippen LogP contribution in [-0.2, 0) is 20.9 Å². The average molecular weight is 311 g/mol. The van der Waals surface area contributed by atoms with Gasteiger partial charge in [-0.2, -0.15) is 0 Å². The molecule has 23 heavy (non-hydrogen) atoms. The molecule has 1 aliphatic rings. The summed E-state index contributed by atoms with van der Waals surface area (Å²) in [5.74, 6) is -0.114. The summed E-state index contributed by atoms with van der Waals surface area (Å²) in [5.41, 5.74) is 1.72. The third-order valence-corrected chi connectivity index (χ3v) is 3.73. The van der Waals surface area contributed by atoms with E-state index in [1.54, 1.807) is 11.0 Å². The molecule has 1 aliphatic heterocycles. The van der Waals surface area contributed by atoms with Gasteiger partial charge >= 0.3 is 5.97 Å². The quantitative estimate of drug-likeness (QED) is 0.814. The molecule has 0 aliphatic carbocycles. The molecule has 0 unspecified atom stereocenters. The molecule has 2 aromatic rings. The fourth-order valence-corrected chi connectivity index (χ4v) is 2.57. The van der Waals surface area contributed by atoms with E-state index in [1.807, 2.05) is 48.5 Å². The van der Waals surface area contributed by atoms with E-state index in [0.29, 0.717) is 18.0 Å². The van der Waals surface area contributed by atoms with Gasteiger partial charge in [-0.15, -0.1) is 0 Å². The number of benzene rings is 2. The van der Waals surface area contributed by atoms with E-state index >= 15 is 0 Å². The van der Waals surface area contributed by atoms with E-state index in [9.17, 15) is 9.59 Å². The first-order valence-corrected chi connectivity index (χ1v) is 7.37. The summed E-state index contributed by atoms with van der Waals surface area (Å²) in [6.45, 7) is 0.428. The SMILES string of the molecule is COC(=O)C[C@H]1Oc2ccccc2N(Cc2ccccc2)C1=O. The lowest BCUT2D eigenvalue weighted by atomic mass is 10.1. The Morgan fingerprint density at radius 1 is 1.13 bits per heavy atom. The van der Waals surface area contributed by atoms with Crippen molar-refractivity contribution >= 4 is 17.6 Å². The lowest BCUT2D eigenvalue weighted by Crippen LogP contribution is -2.46. The summed E-state index contributed by atoms with van der Waals surface area (Å²) in [5, 5.41) is 0. The Morgan fingerprint density at radius 2 is 1.83 bits per heavy atom. The molecule has 5 heteroatoms. The summed E-state index contributed by atoms with van der Waals surface area (Å²) < 4.78 is 10.3. The van der Waals surface area contributed by atoms with Gasteiger partial charge in [0, 0.05) is 0 Å². The Hall–Kier alpha value is -2.82. The molecule has 0 fully saturated rings. The molecule has 0 saturated carbocycles. The number of amides is 1. The molecule has 2 aromatic carbocycles. The second-order valence-electron chi connectivity index (χ2n) is 5.26. The van der Waals surface area contributed by atoms with Crippen molar-refractivity contribution in [2.75, 3.05) is 12.0 Å². The van der Waals surface area contributed by atoms with Crippen LogP contribution in [-0.4, -0.2) is 25.1 Å². The maximum absolute atomic E-state index is 12.7. The second kappa shape index (κ2) is 6.52. The lowest BCUT2D eigenvalue weighted by Gasteiger charge is -2.34. The number of carbonyl (C=O) groups excluding carboxylic acids is 2. The minimum absolute atomic E-state index is 0.102. The van der Waals surface area contributed by atoms with Gasteiger partial charge in [0.1, 0.15) is 5.75 Å². The molecule has 3 rings (SSSR count). The monoisotopic (exact) mass is 311 g/mol. The van der Waals surface area contributed by atoms with Crippen LogP contribution in [0.25, 0.3) is 0 Å². The van der Waals surface area contributed by atoms with E-state index in [2.05, 4.69) is 4.74 Å². The zero-order valence-electron chi connectivity index (χ0n) is 12.8. The van der Waals surface area contributed by atoms with Crippen molar-refractivity contribution in [2.24, 2.45) is 0 Å². The van der Waals surface area contributed by atoms with E-state index in [-0.39, 0.29) is 12.3 Å². The maximum Gasteiger partial charge on any atom is 0.309 e. The largest absolute Gasteiger partial charge is 0.478 e. The summed E-state index contributed by atoms with van der Waals surface area (Å²) >= 11 is 0. The number of methoxy groups -OCH3 is 1. The van der Waals surface area contributed by atoms with Gasteiger partial charge in [-0.25, -0.2) is 0 Å². The van der Waals surface area contributed by atoms with Crippen LogP contribution in [0.5, 0.6) is 5.75 Å². The first-order chi connectivity index (χ1) is 11.2. The summed E-state index contributed by atoms with van der Waals surface area (Å²) in [6.07, 6.45) is -0.962. The molecule has 5 nitrogen and oxygen atoms in total. The van der Waals surface area contributed by atoms with E-state index in [1.165, 1.54) is 7.11 Å². The van der Waals surface area contributed by atoms with Crippen LogP contribution in [0.2, 0.25) is 0 Å². The van der Waals surface area contributed by atoms with Gasteiger partial charge in [-0.05, 0) is 17.7 Å². The van der Waals surface area contributed by atoms with Crippen molar-refractivity contribution in [3.8, 4) is 5.75 Å². The Morgan fingerprint density at radius 3 is 2.57 bits per heavy atom. The molecule has 0 bridgehead atoms. The van der Waals surface area contributed by atoms with Crippen LogP contribution in [0.3, 0.4) is 0 Å². The first-order valence-electron chi connectivity index (χ1n) is 7.37. The second-order valence-corrected chi connectivity index (χ2v) is 5.26. The minimum Gasteiger partial charge on any atom is -0.478 e. The topological polar surface area (TPSA) is 55.8 Å². The van der Waals surface area contributed by atoms with E-state index in [0.717, 1.165) is 5.56 Å². The molecule has 1 amide bonds. The molecule has 1 heterocycles. The summed E-state index contributed by atoms with van der Waals surface area (Å²) in [7, 11) is 1.30. The van der Waals surface area contributed by atoms with E-state index < -0.39 is 12.1 Å². The Balaban J connectivity index is 1.91. The minimum atomic E-state index is -0.860. The van der Waals surface area contributed by atoms with Gasteiger partial charge in [0.15, 0.2) is 6.10 Å². The number of para-hydroxylation sites is 2. The third-order valence-electron chi connectivity index (χ3n) is 3.73. The fourth-order valence-electron chi connectivity index (χ4n) is 2.57. The third kappa shape index (κ3) is 3.18. The van der Waals surface area contributed by atoms with Gasteiger partial charge in [-0.3, -0.25) is 9.59 Å². The standard InChI is InChI=1S/C18H17NO4/c1-22-17(20)11-16-18(21)19(12-13-7-3-2-4-8-13)14-9-5-6-10-15(14)23-16/h2-10,16H,11-12H2,1H3/t16-/m1/s1. The predicted octanol–water partition coefficient (Wildman–Crippen LogP) is 2.54. The summed E-state index contributed by atoms with van der Waals surface area (Å²) in [6, 6.07) is 17.0. The Kier molecular flexibility index (Phi) is 4.28. The number of esters is 1. The number of anilines is 1. The number of ether oxygens (including phenoxy) is 2. The number of nitrogens with zero attached hydrogens (tertiary/aromatic N) is 1. The molecule has 0 aromatic heterocycles. The number of hydrogen-bond donors (Lipinski definition) is 0. The fraction of sp³-hybridized carbons (Fsp3) is 0.222. The highest BCUT2D eigenvalue weighted by atomic mass is 16.5. The van der Waals surface area contributed by atoms with E-state index in [4.69, 9.17) is 4.74 Å². The molecule has 0 N–H and O–H groups in total. The number of rotatable bonds is 4. The molecule has 1 atom stereocenters. The van der Waals surface area contributed by atoms with Crippen LogP contribution in [0.4, 0.5) is 5.69 Å². The number of hydrogen-bond acceptors (Lipinski definition) is 4. The average Bonchev–Trinajstić information content (AvgIpc) is 2.59. The van der Waals surface area contributed by atoms with Crippen LogP contribution < -0.4 is 9.64 Å². The van der Waals surface area contributed by atoms with Crippen molar-refractivity contribution in [3.63, 3.8) is 0 Å². The van der Waals surface area contributed by atoms with Crippen molar-refractivity contribution < 1.29 is 19.1 Å². The van der Waals surface area contributed by atoms with Crippen LogP contribution >= 0.6 is 0 Å². The van der Waals surface area contributed by atoms with Crippen molar-refractivity contribution in [2.45, 2.75) is 19.1 Å². The predicted molar refractivity (Wildman–Crippen MR) is 85.1 cm³/mol. The Labute approximate surface area is 134 Å². The normalized spacial score (nSPS) is 16.5. The van der Waals surface area contributed by atoms with Crippen molar-refractivity contribution in [3.05, 3.63) is 60.2 Å². The first kappa shape index (κ1) is 15.1. The van der Waals surface area contributed by atoms with Crippen LogP contribution in [0.1, 0.15) is 12.0 Å². The lowest BCUT2D eigenvalue weighted by molar-refractivity contribution is -0.145. The van der Waals surface area contributed by atoms with Gasteiger partial charge < -0.3 is 14.4 Å². The highest BCUT2D eigenvalue weighted by Crippen LogP contribution is 2.35. The molecular formula is C18H17NO4. The van der Waals surface area contributed by atoms with Crippen LogP contribution in [0.15, 0.2) is 54.6 Å². The van der Waals surface area contributed by atoms with Crippen molar-refractivity contribution in [1.82, 2.24) is 0 Å². The maximum atomic E-state index is 12.7. The van der Waals surface area contributed by atoms with Gasteiger partial charge in [0.2, 0.25) is 0 Å². The highest BCUT2D eigenvalue weighted by Gasteiger charge is 2.35. The van der Waals surface area contributed by atoms with Crippen molar-refractivity contribution in [1.29, 1.82) is 0 Å². The summed E-state index contributed by atoms with van der Waals surface area (Å²) in [4.78, 5) is 25.9. The van der Waals surface area contributed by atoms with Crippen LogP contribution in [0, 0.1) is 0 Å². The smallest absolute Gasteiger partial charge is 0.309 e. The Bertz CT molecular complexity index is 714.